The summed E-state index contributed by atoms with van der Waals surface area (Å²) in [4.78, 5) is 2.35. The van der Waals surface area contributed by atoms with Crippen molar-refractivity contribution in [3.63, 3.8) is 0 Å². The standard InChI is InChI=1S/C13H19NO2/c1-2-13-9-14(7-8-16-13)12-5-3-11(10-15)4-6-12/h3-6,13,15H,2,7-10H2,1H3. The van der Waals surface area contributed by atoms with E-state index in [0.29, 0.717) is 6.10 Å². The van der Waals surface area contributed by atoms with Gasteiger partial charge in [-0.3, -0.25) is 0 Å². The lowest BCUT2D eigenvalue weighted by molar-refractivity contribution is 0.0384. The predicted octanol–water partition coefficient (Wildman–Crippen LogP) is 1.79. The highest BCUT2D eigenvalue weighted by molar-refractivity contribution is 5.48. The number of benzene rings is 1. The molecule has 1 heterocycles. The third-order valence-electron chi connectivity index (χ3n) is 3.08. The quantitative estimate of drug-likeness (QED) is 0.844. The fourth-order valence-electron chi connectivity index (χ4n) is 2.01. The van der Waals surface area contributed by atoms with Gasteiger partial charge in [0.2, 0.25) is 0 Å². The van der Waals surface area contributed by atoms with E-state index in [4.69, 9.17) is 9.84 Å². The molecule has 0 aromatic heterocycles. The van der Waals surface area contributed by atoms with Crippen molar-refractivity contribution in [3.8, 4) is 0 Å². The highest BCUT2D eigenvalue weighted by Crippen LogP contribution is 2.19. The van der Waals surface area contributed by atoms with Crippen LogP contribution in [0.4, 0.5) is 5.69 Å². The van der Waals surface area contributed by atoms with E-state index < -0.39 is 0 Å². The Balaban J connectivity index is 2.05. The van der Waals surface area contributed by atoms with Gasteiger partial charge in [-0.05, 0) is 24.1 Å². The van der Waals surface area contributed by atoms with Crippen molar-refractivity contribution in [2.75, 3.05) is 24.6 Å². The van der Waals surface area contributed by atoms with Crippen molar-refractivity contribution in [2.45, 2.75) is 26.1 Å². The van der Waals surface area contributed by atoms with Gasteiger partial charge in [0.05, 0.1) is 19.3 Å². The molecule has 1 unspecified atom stereocenters. The Morgan fingerprint density at radius 3 is 2.75 bits per heavy atom. The van der Waals surface area contributed by atoms with Crippen LogP contribution >= 0.6 is 0 Å². The predicted molar refractivity (Wildman–Crippen MR) is 64.6 cm³/mol. The molecule has 0 radical (unpaired) electrons. The molecule has 0 amide bonds. The van der Waals surface area contributed by atoms with E-state index in [2.05, 4.69) is 24.0 Å². The average Bonchev–Trinajstić information content (AvgIpc) is 2.39. The lowest BCUT2D eigenvalue weighted by atomic mass is 10.1. The molecule has 1 aliphatic rings. The average molecular weight is 221 g/mol. The second-order valence-corrected chi connectivity index (χ2v) is 4.17. The first-order valence-electron chi connectivity index (χ1n) is 5.90. The highest BCUT2D eigenvalue weighted by Gasteiger charge is 2.18. The number of hydrogen-bond acceptors (Lipinski definition) is 3. The monoisotopic (exact) mass is 221 g/mol. The summed E-state index contributed by atoms with van der Waals surface area (Å²) >= 11 is 0. The summed E-state index contributed by atoms with van der Waals surface area (Å²) in [5.74, 6) is 0. The van der Waals surface area contributed by atoms with Crippen LogP contribution in [0.3, 0.4) is 0 Å². The number of morpholine rings is 1. The summed E-state index contributed by atoms with van der Waals surface area (Å²) in [6.07, 6.45) is 1.41. The van der Waals surface area contributed by atoms with Crippen molar-refractivity contribution in [1.29, 1.82) is 0 Å². The van der Waals surface area contributed by atoms with Gasteiger partial charge in [-0.1, -0.05) is 19.1 Å². The number of hydrogen-bond donors (Lipinski definition) is 1. The van der Waals surface area contributed by atoms with Crippen LogP contribution in [0.1, 0.15) is 18.9 Å². The summed E-state index contributed by atoms with van der Waals surface area (Å²) in [6.45, 7) is 4.99. The molecule has 3 heteroatoms. The third-order valence-corrected chi connectivity index (χ3v) is 3.08. The molecule has 0 saturated carbocycles. The van der Waals surface area contributed by atoms with Gasteiger partial charge >= 0.3 is 0 Å². The second kappa shape index (κ2) is 5.32. The van der Waals surface area contributed by atoms with E-state index in [1.54, 1.807) is 0 Å². The van der Waals surface area contributed by atoms with Crippen molar-refractivity contribution in [1.82, 2.24) is 0 Å². The zero-order valence-corrected chi connectivity index (χ0v) is 9.72. The topological polar surface area (TPSA) is 32.7 Å². The third kappa shape index (κ3) is 2.54. The Morgan fingerprint density at radius 1 is 1.38 bits per heavy atom. The van der Waals surface area contributed by atoms with Crippen LogP contribution in [-0.4, -0.2) is 30.9 Å². The van der Waals surface area contributed by atoms with Crippen LogP contribution in [-0.2, 0) is 11.3 Å². The minimum Gasteiger partial charge on any atom is -0.392 e. The number of aliphatic hydroxyl groups is 1. The van der Waals surface area contributed by atoms with Gasteiger partial charge in [-0.2, -0.15) is 0 Å². The van der Waals surface area contributed by atoms with Crippen LogP contribution in [0.15, 0.2) is 24.3 Å². The lowest BCUT2D eigenvalue weighted by Crippen LogP contribution is -2.42. The molecule has 1 aromatic carbocycles. The largest absolute Gasteiger partial charge is 0.392 e. The van der Waals surface area contributed by atoms with Gasteiger partial charge in [0.25, 0.3) is 0 Å². The molecule has 0 bridgehead atoms. The second-order valence-electron chi connectivity index (χ2n) is 4.17. The molecule has 2 rings (SSSR count). The molecule has 1 aliphatic heterocycles. The minimum atomic E-state index is 0.112. The maximum Gasteiger partial charge on any atom is 0.0748 e. The van der Waals surface area contributed by atoms with Crippen LogP contribution in [0.5, 0.6) is 0 Å². The Bertz CT molecular complexity index is 323. The van der Waals surface area contributed by atoms with Gasteiger partial charge in [-0.25, -0.2) is 0 Å². The Kier molecular flexibility index (Phi) is 3.80. The number of aliphatic hydroxyl groups excluding tert-OH is 1. The van der Waals surface area contributed by atoms with Crippen LogP contribution in [0.25, 0.3) is 0 Å². The van der Waals surface area contributed by atoms with Gasteiger partial charge in [-0.15, -0.1) is 0 Å². The SMILES string of the molecule is CCC1CN(c2ccc(CO)cc2)CCO1. The molecule has 1 saturated heterocycles. The summed E-state index contributed by atoms with van der Waals surface area (Å²) in [7, 11) is 0. The summed E-state index contributed by atoms with van der Waals surface area (Å²) in [5, 5.41) is 8.99. The zero-order valence-electron chi connectivity index (χ0n) is 9.72. The van der Waals surface area contributed by atoms with E-state index in [1.165, 1.54) is 5.69 Å². The molecular formula is C13H19NO2. The van der Waals surface area contributed by atoms with Crippen molar-refractivity contribution >= 4 is 5.69 Å². The summed E-state index contributed by atoms with van der Waals surface area (Å²) < 4.78 is 5.64. The van der Waals surface area contributed by atoms with Crippen LogP contribution in [0.2, 0.25) is 0 Å². The molecule has 88 valence electrons. The molecule has 0 spiro atoms. The van der Waals surface area contributed by atoms with E-state index >= 15 is 0 Å². The first kappa shape index (κ1) is 11.4. The highest BCUT2D eigenvalue weighted by atomic mass is 16.5. The van der Waals surface area contributed by atoms with Crippen molar-refractivity contribution in [2.24, 2.45) is 0 Å². The van der Waals surface area contributed by atoms with Crippen LogP contribution < -0.4 is 4.90 Å². The molecule has 1 atom stereocenters. The van der Waals surface area contributed by atoms with Gasteiger partial charge < -0.3 is 14.7 Å². The fourth-order valence-corrected chi connectivity index (χ4v) is 2.01. The van der Waals surface area contributed by atoms with Crippen LogP contribution in [0, 0.1) is 0 Å². The van der Waals surface area contributed by atoms with Gasteiger partial charge in [0.1, 0.15) is 0 Å². The molecular weight excluding hydrogens is 202 g/mol. The molecule has 16 heavy (non-hydrogen) atoms. The number of ether oxygens (including phenoxy) is 1. The number of nitrogens with zero attached hydrogens (tertiary/aromatic N) is 1. The van der Waals surface area contributed by atoms with Gasteiger partial charge in [0, 0.05) is 18.8 Å². The van der Waals surface area contributed by atoms with E-state index in [1.807, 2.05) is 12.1 Å². The summed E-state index contributed by atoms with van der Waals surface area (Å²) in [6, 6.07) is 8.10. The molecule has 1 aromatic rings. The molecule has 0 aliphatic carbocycles. The van der Waals surface area contributed by atoms with Gasteiger partial charge in [0.15, 0.2) is 0 Å². The van der Waals surface area contributed by atoms with E-state index in [0.717, 1.165) is 31.7 Å². The first-order valence-corrected chi connectivity index (χ1v) is 5.90. The minimum absolute atomic E-state index is 0.112. The van der Waals surface area contributed by atoms with E-state index in [9.17, 15) is 0 Å². The molecule has 3 nitrogen and oxygen atoms in total. The molecule has 1 N–H and O–H groups in total. The number of anilines is 1. The lowest BCUT2D eigenvalue weighted by Gasteiger charge is -2.34. The smallest absolute Gasteiger partial charge is 0.0748 e. The Hall–Kier alpha value is -1.06. The normalized spacial score (nSPS) is 21.1. The fraction of sp³-hybridized carbons (Fsp3) is 0.538. The van der Waals surface area contributed by atoms with Crippen molar-refractivity contribution < 1.29 is 9.84 Å². The van der Waals surface area contributed by atoms with Crippen molar-refractivity contribution in [3.05, 3.63) is 29.8 Å². The molecule has 1 fully saturated rings. The van der Waals surface area contributed by atoms with E-state index in [-0.39, 0.29) is 6.61 Å². The first-order chi connectivity index (χ1) is 7.83. The zero-order chi connectivity index (χ0) is 11.4. The Labute approximate surface area is 96.6 Å². The maximum absolute atomic E-state index is 8.99. The summed E-state index contributed by atoms with van der Waals surface area (Å²) in [5.41, 5.74) is 2.18. The Morgan fingerprint density at radius 2 is 2.12 bits per heavy atom. The number of rotatable bonds is 3. The maximum atomic E-state index is 8.99.